The second-order valence-electron chi connectivity index (χ2n) is 4.40. The van der Waals surface area contributed by atoms with E-state index in [0.717, 1.165) is 23.5 Å². The molecule has 0 bridgehead atoms. The molecule has 2 heterocycles. The maximum Gasteiger partial charge on any atom is 0.242 e. The number of carbonyl (C=O) groups excluding carboxylic acids is 2. The monoisotopic (exact) mass is 301 g/mol. The summed E-state index contributed by atoms with van der Waals surface area (Å²) in [4.78, 5) is 29.8. The molecule has 2 rings (SSSR count). The smallest absolute Gasteiger partial charge is 0.242 e. The number of carbonyl (C=O) groups is 2. The molecule has 1 aliphatic heterocycles. The van der Waals surface area contributed by atoms with Crippen LogP contribution in [0.5, 0.6) is 0 Å². The lowest BCUT2D eigenvalue weighted by molar-refractivity contribution is -0.137. The van der Waals surface area contributed by atoms with Gasteiger partial charge in [-0.25, -0.2) is 4.98 Å². The summed E-state index contributed by atoms with van der Waals surface area (Å²) in [5, 5.41) is 5.22. The standard InChI is InChI=1S/C12H16ClN3O2S/c1-14-12(18)9-3-2-4-16(9)11(17)5-10-15-8(6-13)7-19-10/h7,9H,2-6H2,1H3,(H,14,18). The molecular formula is C12H16ClN3O2S. The predicted octanol–water partition coefficient (Wildman–Crippen LogP) is 1.16. The number of nitrogens with one attached hydrogen (secondary N) is 1. The minimum Gasteiger partial charge on any atom is -0.357 e. The second kappa shape index (κ2) is 6.34. The van der Waals surface area contributed by atoms with Crippen LogP contribution in [0.25, 0.3) is 0 Å². The lowest BCUT2D eigenvalue weighted by atomic mass is 10.2. The summed E-state index contributed by atoms with van der Waals surface area (Å²) in [5.41, 5.74) is 0.790. The highest BCUT2D eigenvalue weighted by molar-refractivity contribution is 7.09. The summed E-state index contributed by atoms with van der Waals surface area (Å²) < 4.78 is 0. The van der Waals surface area contributed by atoms with Gasteiger partial charge in [-0.05, 0) is 12.8 Å². The van der Waals surface area contributed by atoms with Crippen molar-refractivity contribution in [2.45, 2.75) is 31.2 Å². The van der Waals surface area contributed by atoms with Crippen LogP contribution in [0.1, 0.15) is 23.5 Å². The van der Waals surface area contributed by atoms with Crippen molar-refractivity contribution in [1.82, 2.24) is 15.2 Å². The number of nitrogens with zero attached hydrogens (tertiary/aromatic N) is 2. The molecule has 0 aliphatic carbocycles. The number of halogens is 1. The van der Waals surface area contributed by atoms with E-state index in [1.165, 1.54) is 11.3 Å². The van der Waals surface area contributed by atoms with Crippen molar-refractivity contribution in [2.75, 3.05) is 13.6 Å². The Morgan fingerprint density at radius 1 is 1.63 bits per heavy atom. The number of likely N-dealkylation sites (N-methyl/N-ethyl adjacent to an activating group) is 1. The number of likely N-dealkylation sites (tertiary alicyclic amines) is 1. The van der Waals surface area contributed by atoms with E-state index in [0.29, 0.717) is 12.4 Å². The molecule has 7 heteroatoms. The summed E-state index contributed by atoms with van der Waals surface area (Å²) in [5.74, 6) is 0.225. The zero-order valence-corrected chi connectivity index (χ0v) is 12.3. The third kappa shape index (κ3) is 3.25. The van der Waals surface area contributed by atoms with Crippen LogP contribution in [0.4, 0.5) is 0 Å². The summed E-state index contributed by atoms with van der Waals surface area (Å²) in [6.45, 7) is 0.644. The Morgan fingerprint density at radius 3 is 3.05 bits per heavy atom. The SMILES string of the molecule is CNC(=O)C1CCCN1C(=O)Cc1nc(CCl)cs1. The lowest BCUT2D eigenvalue weighted by Gasteiger charge is -2.22. The summed E-state index contributed by atoms with van der Waals surface area (Å²) in [6.07, 6.45) is 1.85. The molecule has 1 N–H and O–H groups in total. The van der Waals surface area contributed by atoms with E-state index in [4.69, 9.17) is 11.6 Å². The van der Waals surface area contributed by atoms with Crippen molar-refractivity contribution in [1.29, 1.82) is 0 Å². The molecule has 0 radical (unpaired) electrons. The molecule has 1 aromatic rings. The van der Waals surface area contributed by atoms with E-state index < -0.39 is 0 Å². The van der Waals surface area contributed by atoms with Gasteiger partial charge < -0.3 is 10.2 Å². The van der Waals surface area contributed by atoms with Crippen molar-refractivity contribution >= 4 is 34.8 Å². The molecule has 1 fully saturated rings. The quantitative estimate of drug-likeness (QED) is 0.849. The normalized spacial score (nSPS) is 18.6. The highest BCUT2D eigenvalue weighted by Gasteiger charge is 2.33. The third-order valence-corrected chi connectivity index (χ3v) is 4.33. The first-order chi connectivity index (χ1) is 9.15. The maximum absolute atomic E-state index is 12.2. The van der Waals surface area contributed by atoms with Crippen LogP contribution in [0, 0.1) is 0 Å². The molecule has 19 heavy (non-hydrogen) atoms. The number of amides is 2. The fourth-order valence-electron chi connectivity index (χ4n) is 2.23. The minimum atomic E-state index is -0.329. The van der Waals surface area contributed by atoms with Gasteiger partial charge >= 0.3 is 0 Å². The predicted molar refractivity (Wildman–Crippen MR) is 74.2 cm³/mol. The minimum absolute atomic E-state index is 0.0402. The highest BCUT2D eigenvalue weighted by atomic mass is 35.5. The fraction of sp³-hybridized carbons (Fsp3) is 0.583. The van der Waals surface area contributed by atoms with Crippen LogP contribution < -0.4 is 5.32 Å². The van der Waals surface area contributed by atoms with Crippen molar-refractivity contribution in [3.05, 3.63) is 16.1 Å². The summed E-state index contributed by atoms with van der Waals surface area (Å²) >= 11 is 7.12. The Hall–Kier alpha value is -1.14. The van der Waals surface area contributed by atoms with Gasteiger partial charge in [0.2, 0.25) is 11.8 Å². The van der Waals surface area contributed by atoms with Crippen LogP contribution in [-0.4, -0.2) is 41.3 Å². The van der Waals surface area contributed by atoms with Gasteiger partial charge in [-0.15, -0.1) is 22.9 Å². The van der Waals surface area contributed by atoms with Gasteiger partial charge in [0.05, 0.1) is 18.0 Å². The van der Waals surface area contributed by atoms with Crippen LogP contribution in [-0.2, 0) is 21.9 Å². The van der Waals surface area contributed by atoms with E-state index in [1.54, 1.807) is 11.9 Å². The largest absolute Gasteiger partial charge is 0.357 e. The zero-order valence-electron chi connectivity index (χ0n) is 10.7. The van der Waals surface area contributed by atoms with E-state index in [1.807, 2.05) is 5.38 Å². The number of alkyl halides is 1. The molecule has 1 aliphatic rings. The molecule has 5 nitrogen and oxygen atoms in total. The van der Waals surface area contributed by atoms with Gasteiger partial charge in [-0.2, -0.15) is 0 Å². The molecule has 0 aromatic carbocycles. The number of rotatable bonds is 4. The van der Waals surface area contributed by atoms with Crippen molar-refractivity contribution < 1.29 is 9.59 Å². The van der Waals surface area contributed by atoms with Gasteiger partial charge in [0.25, 0.3) is 0 Å². The third-order valence-electron chi connectivity index (χ3n) is 3.16. The molecule has 1 aromatic heterocycles. The number of aromatic nitrogens is 1. The summed E-state index contributed by atoms with van der Waals surface area (Å²) in [7, 11) is 1.59. The van der Waals surface area contributed by atoms with Gasteiger partial charge in [-0.3, -0.25) is 9.59 Å². The number of thiazole rings is 1. The van der Waals surface area contributed by atoms with E-state index in [9.17, 15) is 9.59 Å². The zero-order chi connectivity index (χ0) is 13.8. The Kier molecular flexibility index (Phi) is 4.76. The molecule has 104 valence electrons. The topological polar surface area (TPSA) is 62.3 Å². The molecular weight excluding hydrogens is 286 g/mol. The Bertz CT molecular complexity index is 477. The number of hydrogen-bond acceptors (Lipinski definition) is 4. The van der Waals surface area contributed by atoms with E-state index in [2.05, 4.69) is 10.3 Å². The second-order valence-corrected chi connectivity index (χ2v) is 5.61. The Labute approximate surface area is 121 Å². The Morgan fingerprint density at radius 2 is 2.42 bits per heavy atom. The molecule has 0 spiro atoms. The van der Waals surface area contributed by atoms with Gasteiger partial charge in [0, 0.05) is 19.0 Å². The van der Waals surface area contributed by atoms with Gasteiger partial charge in [-0.1, -0.05) is 0 Å². The van der Waals surface area contributed by atoms with Gasteiger partial charge in [0.15, 0.2) is 0 Å². The van der Waals surface area contributed by atoms with Crippen LogP contribution in [0.15, 0.2) is 5.38 Å². The molecule has 1 saturated heterocycles. The average molecular weight is 302 g/mol. The first-order valence-corrected chi connectivity index (χ1v) is 7.57. The van der Waals surface area contributed by atoms with Crippen LogP contribution >= 0.6 is 22.9 Å². The Balaban J connectivity index is 2.00. The van der Waals surface area contributed by atoms with E-state index >= 15 is 0 Å². The average Bonchev–Trinajstić information content (AvgIpc) is 3.06. The molecule has 0 saturated carbocycles. The number of hydrogen-bond donors (Lipinski definition) is 1. The summed E-state index contributed by atoms with van der Waals surface area (Å²) in [6, 6.07) is -0.329. The van der Waals surface area contributed by atoms with Gasteiger partial charge in [0.1, 0.15) is 11.0 Å². The van der Waals surface area contributed by atoms with Crippen LogP contribution in [0.2, 0.25) is 0 Å². The first-order valence-electron chi connectivity index (χ1n) is 6.16. The van der Waals surface area contributed by atoms with Crippen molar-refractivity contribution in [3.8, 4) is 0 Å². The van der Waals surface area contributed by atoms with Crippen molar-refractivity contribution in [2.24, 2.45) is 0 Å². The highest BCUT2D eigenvalue weighted by Crippen LogP contribution is 2.20. The first kappa shape index (κ1) is 14.3. The fourth-order valence-corrected chi connectivity index (χ4v) is 3.24. The molecule has 2 amide bonds. The van der Waals surface area contributed by atoms with Crippen molar-refractivity contribution in [3.63, 3.8) is 0 Å². The maximum atomic E-state index is 12.2. The lowest BCUT2D eigenvalue weighted by Crippen LogP contribution is -2.45. The molecule has 1 atom stereocenters. The van der Waals surface area contributed by atoms with E-state index in [-0.39, 0.29) is 24.3 Å². The van der Waals surface area contributed by atoms with Crippen LogP contribution in [0.3, 0.4) is 0 Å². The molecule has 1 unspecified atom stereocenters.